The van der Waals surface area contributed by atoms with Crippen molar-refractivity contribution in [1.29, 1.82) is 0 Å². The van der Waals surface area contributed by atoms with Crippen LogP contribution in [0.25, 0.3) is 0 Å². The summed E-state index contributed by atoms with van der Waals surface area (Å²) in [5.74, 6) is 0. The van der Waals surface area contributed by atoms with Crippen LogP contribution >= 0.6 is 0 Å². The van der Waals surface area contributed by atoms with Crippen molar-refractivity contribution >= 4 is 6.16 Å². The second-order valence-corrected chi connectivity index (χ2v) is 8.16. The van der Waals surface area contributed by atoms with Crippen molar-refractivity contribution in [2.24, 2.45) is 0 Å². The van der Waals surface area contributed by atoms with E-state index in [1.54, 1.807) is 0 Å². The Kier molecular flexibility index (Phi) is 9.83. The molecule has 4 nitrogen and oxygen atoms in total. The molecule has 0 atom stereocenters. The minimum atomic E-state index is -0.814. The third kappa shape index (κ3) is 7.46. The molecule has 28 heavy (non-hydrogen) atoms. The van der Waals surface area contributed by atoms with Crippen LogP contribution in [0.2, 0.25) is 0 Å². The summed E-state index contributed by atoms with van der Waals surface area (Å²) in [4.78, 5) is 11.8. The molecule has 0 bridgehead atoms. The topological polar surface area (TPSA) is 55.8 Å². The summed E-state index contributed by atoms with van der Waals surface area (Å²) in [6.07, 6.45) is 10.9. The van der Waals surface area contributed by atoms with Crippen molar-refractivity contribution in [3.63, 3.8) is 0 Å². The van der Waals surface area contributed by atoms with Crippen LogP contribution in [-0.4, -0.2) is 24.0 Å². The van der Waals surface area contributed by atoms with Gasteiger partial charge in [-0.05, 0) is 56.1 Å². The summed E-state index contributed by atoms with van der Waals surface area (Å²) in [7, 11) is 0. The van der Waals surface area contributed by atoms with E-state index in [2.05, 4.69) is 38.1 Å². The molecule has 158 valence electrons. The van der Waals surface area contributed by atoms with Crippen LogP contribution in [-0.2, 0) is 21.5 Å². The van der Waals surface area contributed by atoms with Crippen LogP contribution in [0.1, 0.15) is 95.6 Å². The van der Waals surface area contributed by atoms with Gasteiger partial charge in [-0.25, -0.2) is 4.79 Å². The van der Waals surface area contributed by atoms with Gasteiger partial charge in [0.15, 0.2) is 0 Å². The molecule has 1 aliphatic carbocycles. The molecule has 0 spiro atoms. The number of hydrogen-bond acceptors (Lipinski definition) is 4. The molecule has 1 N–H and O–H groups in total. The van der Waals surface area contributed by atoms with E-state index in [1.165, 1.54) is 31.2 Å². The quantitative estimate of drug-likeness (QED) is 0.357. The highest BCUT2D eigenvalue weighted by Crippen LogP contribution is 2.38. The summed E-state index contributed by atoms with van der Waals surface area (Å²) in [5.41, 5.74) is 1.49. The van der Waals surface area contributed by atoms with Gasteiger partial charge < -0.3 is 14.6 Å². The third-order valence-corrected chi connectivity index (χ3v) is 5.80. The summed E-state index contributed by atoms with van der Waals surface area (Å²) in [6.45, 7) is 4.80. The molecule has 0 aromatic heterocycles. The zero-order chi connectivity index (χ0) is 20.2. The fourth-order valence-corrected chi connectivity index (χ4v) is 3.89. The molecule has 0 saturated heterocycles. The standard InChI is InChI=1S/C24H38O4/c1-3-5-7-9-19-27-23(25)28-22-15-17-24(26,18-16-22)21-13-11-20(12-14-21)10-8-6-4-2/h11-14,22,26H,3-10,15-19H2,1-2H3. The summed E-state index contributed by atoms with van der Waals surface area (Å²) >= 11 is 0. The Balaban J connectivity index is 1.73. The molecule has 4 heteroatoms. The molecule has 1 aromatic rings. The van der Waals surface area contributed by atoms with Gasteiger partial charge in [0, 0.05) is 0 Å². The molecule has 2 rings (SSSR count). The van der Waals surface area contributed by atoms with E-state index in [1.807, 2.05) is 0 Å². The maximum Gasteiger partial charge on any atom is 0.508 e. The van der Waals surface area contributed by atoms with Gasteiger partial charge in [-0.2, -0.15) is 0 Å². The second kappa shape index (κ2) is 12.1. The highest BCUT2D eigenvalue weighted by Gasteiger charge is 2.36. The normalized spacial score (nSPS) is 22.0. The third-order valence-electron chi connectivity index (χ3n) is 5.80. The van der Waals surface area contributed by atoms with E-state index in [-0.39, 0.29) is 6.10 Å². The maximum atomic E-state index is 11.8. The predicted octanol–water partition coefficient (Wildman–Crippen LogP) is 6.28. The van der Waals surface area contributed by atoms with Gasteiger partial charge in [-0.15, -0.1) is 0 Å². The SMILES string of the molecule is CCCCCCOC(=O)OC1CCC(O)(c2ccc(CCCCC)cc2)CC1. The minimum absolute atomic E-state index is 0.156. The molecular formula is C24H38O4. The van der Waals surface area contributed by atoms with E-state index in [9.17, 15) is 9.90 Å². The van der Waals surface area contributed by atoms with Crippen LogP contribution in [0.15, 0.2) is 24.3 Å². The van der Waals surface area contributed by atoms with E-state index in [0.29, 0.717) is 32.3 Å². The number of rotatable bonds is 11. The Labute approximate surface area is 170 Å². The van der Waals surface area contributed by atoms with Crippen LogP contribution in [0.5, 0.6) is 0 Å². The van der Waals surface area contributed by atoms with Gasteiger partial charge in [0.2, 0.25) is 0 Å². The van der Waals surface area contributed by atoms with Crippen molar-refractivity contribution in [3.8, 4) is 0 Å². The molecule has 0 aliphatic heterocycles. The number of carbonyl (C=O) groups excluding carboxylic acids is 1. The average molecular weight is 391 g/mol. The summed E-state index contributed by atoms with van der Waals surface area (Å²) in [6, 6.07) is 8.41. The van der Waals surface area contributed by atoms with Crippen LogP contribution in [0, 0.1) is 0 Å². The van der Waals surface area contributed by atoms with Crippen LogP contribution < -0.4 is 0 Å². The second-order valence-electron chi connectivity index (χ2n) is 8.16. The molecule has 1 aromatic carbocycles. The molecule has 0 amide bonds. The van der Waals surface area contributed by atoms with Gasteiger partial charge >= 0.3 is 6.16 Å². The zero-order valence-electron chi connectivity index (χ0n) is 17.8. The van der Waals surface area contributed by atoms with Crippen molar-refractivity contribution in [3.05, 3.63) is 35.4 Å². The Morgan fingerprint density at radius 3 is 2.29 bits per heavy atom. The van der Waals surface area contributed by atoms with E-state index < -0.39 is 11.8 Å². The van der Waals surface area contributed by atoms with Crippen molar-refractivity contribution < 1.29 is 19.4 Å². The van der Waals surface area contributed by atoms with Gasteiger partial charge in [0.1, 0.15) is 6.10 Å². The molecule has 1 aliphatic rings. The number of aryl methyl sites for hydroxylation is 1. The fourth-order valence-electron chi connectivity index (χ4n) is 3.89. The number of ether oxygens (including phenoxy) is 2. The number of carbonyl (C=O) groups is 1. The van der Waals surface area contributed by atoms with Gasteiger partial charge in [0.05, 0.1) is 12.2 Å². The molecule has 0 radical (unpaired) electrons. The smallest absolute Gasteiger partial charge is 0.434 e. The molecule has 0 heterocycles. The highest BCUT2D eigenvalue weighted by atomic mass is 16.7. The molecule has 0 unspecified atom stereocenters. The molecular weight excluding hydrogens is 352 g/mol. The van der Waals surface area contributed by atoms with E-state index >= 15 is 0 Å². The first-order valence-corrected chi connectivity index (χ1v) is 11.2. The number of aliphatic hydroxyl groups is 1. The monoisotopic (exact) mass is 390 g/mol. The van der Waals surface area contributed by atoms with Crippen molar-refractivity contribution in [2.45, 2.75) is 103 Å². The lowest BCUT2D eigenvalue weighted by Crippen LogP contribution is -2.35. The first-order chi connectivity index (χ1) is 13.6. The predicted molar refractivity (Wildman–Crippen MR) is 112 cm³/mol. The first-order valence-electron chi connectivity index (χ1n) is 11.2. The van der Waals surface area contributed by atoms with Crippen molar-refractivity contribution in [1.82, 2.24) is 0 Å². The van der Waals surface area contributed by atoms with Gasteiger partial charge in [0.25, 0.3) is 0 Å². The molecule has 1 saturated carbocycles. The largest absolute Gasteiger partial charge is 0.508 e. The zero-order valence-corrected chi connectivity index (χ0v) is 17.8. The first kappa shape index (κ1) is 22.7. The highest BCUT2D eigenvalue weighted by molar-refractivity contribution is 5.60. The minimum Gasteiger partial charge on any atom is -0.434 e. The van der Waals surface area contributed by atoms with E-state index in [0.717, 1.165) is 31.2 Å². The van der Waals surface area contributed by atoms with Gasteiger partial charge in [-0.1, -0.05) is 70.2 Å². The Morgan fingerprint density at radius 2 is 1.64 bits per heavy atom. The Morgan fingerprint density at radius 1 is 1.00 bits per heavy atom. The Hall–Kier alpha value is -1.55. The number of unbranched alkanes of at least 4 members (excludes halogenated alkanes) is 5. The molecule has 1 fully saturated rings. The fraction of sp³-hybridized carbons (Fsp3) is 0.708. The summed E-state index contributed by atoms with van der Waals surface area (Å²) < 4.78 is 10.6. The van der Waals surface area contributed by atoms with Gasteiger partial charge in [-0.3, -0.25) is 0 Å². The lowest BCUT2D eigenvalue weighted by molar-refractivity contribution is -0.0538. The average Bonchev–Trinajstić information content (AvgIpc) is 2.70. The number of benzene rings is 1. The lowest BCUT2D eigenvalue weighted by atomic mass is 9.78. The number of hydrogen-bond donors (Lipinski definition) is 1. The maximum absolute atomic E-state index is 11.8. The van der Waals surface area contributed by atoms with E-state index in [4.69, 9.17) is 9.47 Å². The van der Waals surface area contributed by atoms with Crippen LogP contribution in [0.3, 0.4) is 0 Å². The van der Waals surface area contributed by atoms with Crippen molar-refractivity contribution in [2.75, 3.05) is 6.61 Å². The van der Waals surface area contributed by atoms with Crippen LogP contribution in [0.4, 0.5) is 4.79 Å². The Bertz CT molecular complexity index is 558. The lowest BCUT2D eigenvalue weighted by Gasteiger charge is -2.36. The summed E-state index contributed by atoms with van der Waals surface area (Å²) in [5, 5.41) is 11.1.